The summed E-state index contributed by atoms with van der Waals surface area (Å²) in [5.41, 5.74) is 7.30. The molecule has 1 aliphatic rings. The van der Waals surface area contributed by atoms with Gasteiger partial charge in [-0.1, -0.05) is 4.49 Å². The van der Waals surface area contributed by atoms with E-state index in [0.29, 0.717) is 10.8 Å². The monoisotopic (exact) mass is 281 g/mol. The maximum atomic E-state index is 11.8. The Kier molecular flexibility index (Phi) is 3.06. The molecule has 0 unspecified atom stereocenters. The second kappa shape index (κ2) is 4.71. The van der Waals surface area contributed by atoms with Crippen molar-refractivity contribution in [2.75, 3.05) is 5.32 Å². The molecule has 2 aromatic rings. The van der Waals surface area contributed by atoms with E-state index in [9.17, 15) is 4.79 Å². The molecule has 0 fully saturated rings. The number of nitrogens with two attached hydrogens (primary N) is 1. The van der Waals surface area contributed by atoms with Crippen LogP contribution in [0.3, 0.4) is 0 Å². The second-order valence-corrected chi connectivity index (χ2v) is 5.83. The topological polar surface area (TPSA) is 93.8 Å². The Balaban J connectivity index is 1.76. The fraction of sp³-hybridized carbons (Fsp3) is 0.400. The van der Waals surface area contributed by atoms with Crippen LogP contribution < -0.4 is 11.1 Å². The Morgan fingerprint density at radius 3 is 3.22 bits per heavy atom. The highest BCUT2D eigenvalue weighted by atomic mass is 32.1. The molecule has 94 valence electrons. The maximum Gasteiger partial charge on any atom is 0.278 e. The van der Waals surface area contributed by atoms with Crippen LogP contribution in [0.4, 0.5) is 5.13 Å². The van der Waals surface area contributed by atoms with Crippen molar-refractivity contribution in [1.29, 1.82) is 0 Å². The smallest absolute Gasteiger partial charge is 0.278 e. The lowest BCUT2D eigenvalue weighted by Crippen LogP contribution is -2.27. The van der Waals surface area contributed by atoms with E-state index in [1.807, 2.05) is 0 Å². The van der Waals surface area contributed by atoms with Crippen molar-refractivity contribution in [3.8, 4) is 0 Å². The van der Waals surface area contributed by atoms with Gasteiger partial charge in [-0.05, 0) is 30.8 Å². The highest BCUT2D eigenvalue weighted by Crippen LogP contribution is 2.29. The fourth-order valence-corrected chi connectivity index (χ4v) is 3.41. The number of rotatable bonds is 2. The summed E-state index contributed by atoms with van der Waals surface area (Å²) in [6, 6.07) is 0.212. The standard InChI is InChI=1S/C10H11N5OS2/c11-5-1-2-6-8(3-5)18-10(12-6)13-9(16)7-4-17-15-14-7/h4-5H,1-3,11H2,(H,12,13,16)/t5-/m0/s1. The van der Waals surface area contributed by atoms with E-state index in [2.05, 4.69) is 19.9 Å². The summed E-state index contributed by atoms with van der Waals surface area (Å²) in [6.45, 7) is 0. The predicted molar refractivity (Wildman–Crippen MR) is 70.0 cm³/mol. The summed E-state index contributed by atoms with van der Waals surface area (Å²) in [4.78, 5) is 17.4. The molecule has 6 nitrogen and oxygen atoms in total. The Morgan fingerprint density at radius 2 is 2.44 bits per heavy atom. The van der Waals surface area contributed by atoms with Crippen molar-refractivity contribution < 1.29 is 4.79 Å². The van der Waals surface area contributed by atoms with E-state index in [4.69, 9.17) is 5.73 Å². The van der Waals surface area contributed by atoms with Crippen LogP contribution in [0.5, 0.6) is 0 Å². The number of carbonyl (C=O) groups is 1. The highest BCUT2D eigenvalue weighted by Gasteiger charge is 2.21. The number of thiazole rings is 1. The first-order chi connectivity index (χ1) is 8.72. The molecule has 3 rings (SSSR count). The Morgan fingerprint density at radius 1 is 1.56 bits per heavy atom. The van der Waals surface area contributed by atoms with Gasteiger partial charge in [-0.2, -0.15) is 0 Å². The van der Waals surface area contributed by atoms with E-state index >= 15 is 0 Å². The minimum atomic E-state index is -0.265. The molecule has 1 amide bonds. The first-order valence-corrected chi connectivity index (χ1v) is 7.20. The lowest BCUT2D eigenvalue weighted by atomic mass is 9.99. The van der Waals surface area contributed by atoms with E-state index in [0.717, 1.165) is 36.5 Å². The van der Waals surface area contributed by atoms with E-state index in [-0.39, 0.29) is 11.9 Å². The molecule has 0 aliphatic heterocycles. The molecule has 1 aliphatic carbocycles. The molecular weight excluding hydrogens is 270 g/mol. The first kappa shape index (κ1) is 11.7. The van der Waals surface area contributed by atoms with Crippen LogP contribution in [-0.2, 0) is 12.8 Å². The minimum Gasteiger partial charge on any atom is -0.327 e. The Bertz CT molecular complexity index is 565. The molecule has 3 N–H and O–H groups in total. The van der Waals surface area contributed by atoms with Gasteiger partial charge in [-0.15, -0.1) is 16.4 Å². The van der Waals surface area contributed by atoms with Crippen LogP contribution in [0.15, 0.2) is 5.38 Å². The third kappa shape index (κ3) is 2.26. The van der Waals surface area contributed by atoms with Crippen LogP contribution in [0.2, 0.25) is 0 Å². The Labute approximate surface area is 111 Å². The van der Waals surface area contributed by atoms with E-state index < -0.39 is 0 Å². The summed E-state index contributed by atoms with van der Waals surface area (Å²) in [6.07, 6.45) is 2.70. The van der Waals surface area contributed by atoms with Crippen molar-refractivity contribution in [2.24, 2.45) is 5.73 Å². The zero-order chi connectivity index (χ0) is 12.5. The van der Waals surface area contributed by atoms with Gasteiger partial charge in [0.05, 0.1) is 5.69 Å². The molecule has 0 spiro atoms. The van der Waals surface area contributed by atoms with Gasteiger partial charge in [0, 0.05) is 16.3 Å². The predicted octanol–water partition coefficient (Wildman–Crippen LogP) is 1.06. The van der Waals surface area contributed by atoms with Gasteiger partial charge in [0.2, 0.25) is 0 Å². The molecule has 8 heteroatoms. The number of hydrogen-bond donors (Lipinski definition) is 2. The molecule has 1 atom stereocenters. The molecule has 2 heterocycles. The third-order valence-electron chi connectivity index (χ3n) is 2.79. The van der Waals surface area contributed by atoms with Gasteiger partial charge >= 0.3 is 0 Å². The number of aromatic nitrogens is 3. The molecule has 0 radical (unpaired) electrons. The zero-order valence-electron chi connectivity index (χ0n) is 9.42. The number of fused-ring (bicyclic) bond motifs is 1. The summed E-state index contributed by atoms with van der Waals surface area (Å²) >= 11 is 2.65. The molecular formula is C10H11N5OS2. The van der Waals surface area contributed by atoms with Crippen molar-refractivity contribution in [2.45, 2.75) is 25.3 Å². The fourth-order valence-electron chi connectivity index (χ4n) is 1.88. The van der Waals surface area contributed by atoms with Crippen LogP contribution in [0.1, 0.15) is 27.5 Å². The van der Waals surface area contributed by atoms with Crippen molar-refractivity contribution in [1.82, 2.24) is 14.6 Å². The zero-order valence-corrected chi connectivity index (χ0v) is 11.1. The number of aryl methyl sites for hydroxylation is 1. The molecule has 0 saturated heterocycles. The SMILES string of the molecule is N[C@H]1CCc2nc(NC(=O)c3csnn3)sc2C1. The van der Waals surface area contributed by atoms with Crippen molar-refractivity contribution in [3.63, 3.8) is 0 Å². The molecule has 2 aromatic heterocycles. The van der Waals surface area contributed by atoms with Gasteiger partial charge < -0.3 is 5.73 Å². The van der Waals surface area contributed by atoms with Crippen LogP contribution in [0, 0.1) is 0 Å². The average Bonchev–Trinajstić information content (AvgIpc) is 2.95. The highest BCUT2D eigenvalue weighted by molar-refractivity contribution is 7.16. The average molecular weight is 281 g/mol. The number of amides is 1. The number of hydrogen-bond acceptors (Lipinski definition) is 7. The normalized spacial score (nSPS) is 18.4. The van der Waals surface area contributed by atoms with E-state index in [1.54, 1.807) is 5.38 Å². The molecule has 0 bridgehead atoms. The third-order valence-corrected chi connectivity index (χ3v) is 4.33. The van der Waals surface area contributed by atoms with Gasteiger partial charge in [0.15, 0.2) is 10.8 Å². The van der Waals surface area contributed by atoms with Crippen LogP contribution >= 0.6 is 22.9 Å². The number of carbonyl (C=O) groups excluding carboxylic acids is 1. The lowest BCUT2D eigenvalue weighted by Gasteiger charge is -2.15. The van der Waals surface area contributed by atoms with Gasteiger partial charge in [0.1, 0.15) is 0 Å². The summed E-state index contributed by atoms with van der Waals surface area (Å²) in [5, 5.41) is 8.70. The van der Waals surface area contributed by atoms with Gasteiger partial charge in [-0.25, -0.2) is 4.98 Å². The Hall–Kier alpha value is -1.38. The largest absolute Gasteiger partial charge is 0.327 e. The number of nitrogens with zero attached hydrogens (tertiary/aromatic N) is 3. The van der Waals surface area contributed by atoms with Crippen molar-refractivity contribution in [3.05, 3.63) is 21.6 Å². The van der Waals surface area contributed by atoms with Gasteiger partial charge in [-0.3, -0.25) is 10.1 Å². The first-order valence-electron chi connectivity index (χ1n) is 5.55. The number of nitrogens with one attached hydrogen (secondary N) is 1. The minimum absolute atomic E-state index is 0.212. The lowest BCUT2D eigenvalue weighted by molar-refractivity contribution is 0.102. The molecule has 18 heavy (non-hydrogen) atoms. The summed E-state index contributed by atoms with van der Waals surface area (Å²) < 4.78 is 3.66. The second-order valence-electron chi connectivity index (χ2n) is 4.14. The van der Waals surface area contributed by atoms with Gasteiger partial charge in [0.25, 0.3) is 5.91 Å². The molecule has 0 aromatic carbocycles. The quantitative estimate of drug-likeness (QED) is 0.858. The maximum absolute atomic E-state index is 11.8. The molecule has 0 saturated carbocycles. The van der Waals surface area contributed by atoms with Crippen molar-refractivity contribution >= 4 is 33.9 Å². The van der Waals surface area contributed by atoms with Crippen LogP contribution in [0.25, 0.3) is 0 Å². The summed E-state index contributed by atoms with van der Waals surface area (Å²) in [5.74, 6) is -0.265. The number of anilines is 1. The summed E-state index contributed by atoms with van der Waals surface area (Å²) in [7, 11) is 0. The van der Waals surface area contributed by atoms with Crippen LogP contribution in [-0.4, -0.2) is 26.5 Å². The van der Waals surface area contributed by atoms with E-state index in [1.165, 1.54) is 16.2 Å².